The quantitative estimate of drug-likeness (QED) is 0.426. The molecule has 0 radical (unpaired) electrons. The monoisotopic (exact) mass is 549 g/mol. The van der Waals surface area contributed by atoms with Crippen molar-refractivity contribution in [1.29, 1.82) is 0 Å². The van der Waals surface area contributed by atoms with Crippen LogP contribution in [0.25, 0.3) is 0 Å². The lowest BCUT2D eigenvalue weighted by atomic mass is 9.86. The first-order valence-electron chi connectivity index (χ1n) is 12.2. The van der Waals surface area contributed by atoms with Crippen LogP contribution in [0.2, 0.25) is 0 Å². The van der Waals surface area contributed by atoms with Crippen LogP contribution in [-0.4, -0.2) is 43.0 Å². The number of anilines is 2. The maximum atomic E-state index is 12.6. The molecular weight excluding hydrogens is 514 g/mol. The van der Waals surface area contributed by atoms with E-state index >= 15 is 0 Å². The molecule has 0 aliphatic heterocycles. The number of hydrogen-bond donors (Lipinski definition) is 2. The highest BCUT2D eigenvalue weighted by molar-refractivity contribution is 5.85. The summed E-state index contributed by atoms with van der Waals surface area (Å²) in [7, 11) is 4.07. The van der Waals surface area contributed by atoms with Gasteiger partial charge in [0.2, 0.25) is 5.95 Å². The van der Waals surface area contributed by atoms with Crippen molar-refractivity contribution in [2.24, 2.45) is 5.92 Å². The minimum Gasteiger partial charge on any atom is -0.405 e. The average Bonchev–Trinajstić information content (AvgIpc) is 2.80. The molecule has 1 fully saturated rings. The van der Waals surface area contributed by atoms with E-state index in [-0.39, 0.29) is 30.6 Å². The first-order valence-corrected chi connectivity index (χ1v) is 12.2. The highest BCUT2D eigenvalue weighted by atomic mass is 35.5. The van der Waals surface area contributed by atoms with Crippen LogP contribution in [0.15, 0.2) is 24.3 Å². The van der Waals surface area contributed by atoms with Crippen LogP contribution in [0, 0.1) is 5.92 Å². The standard InChI is InChI=1S/C25H34F3N5O.2ClH/c1-33(2)23-20-8-4-5-9-21(20)31-24(32-23)30-19-13-11-17(12-14-19)15-29-16-18-7-3-6-10-22(18)34-25(26,27)28;;/h3,6-7,10,17,19,29H,4-5,8-9,11-16H2,1-2H3,(H,30,31,32);2*1H/t17-,19+;;. The van der Waals surface area contributed by atoms with Crippen molar-refractivity contribution in [3.05, 3.63) is 41.1 Å². The van der Waals surface area contributed by atoms with Gasteiger partial charge in [0, 0.05) is 37.8 Å². The number of aryl methyl sites for hydroxylation is 1. The first-order chi connectivity index (χ1) is 16.3. The Morgan fingerprint density at radius 1 is 1.00 bits per heavy atom. The van der Waals surface area contributed by atoms with Gasteiger partial charge in [0.25, 0.3) is 0 Å². The molecular formula is C25H36Cl2F3N5O. The number of nitrogens with zero attached hydrogens (tertiary/aromatic N) is 3. The Hall–Kier alpha value is -1.97. The van der Waals surface area contributed by atoms with Crippen molar-refractivity contribution in [2.45, 2.75) is 70.3 Å². The third-order valence-electron chi connectivity index (χ3n) is 6.71. The minimum absolute atomic E-state index is 0. The Bertz CT molecular complexity index is 969. The maximum Gasteiger partial charge on any atom is 0.573 e. The number of ether oxygens (including phenoxy) is 1. The molecule has 0 amide bonds. The van der Waals surface area contributed by atoms with Crippen molar-refractivity contribution < 1.29 is 17.9 Å². The van der Waals surface area contributed by atoms with Gasteiger partial charge in [-0.15, -0.1) is 38.0 Å². The molecule has 11 heteroatoms. The normalized spacial score (nSPS) is 19.4. The number of rotatable bonds is 8. The maximum absolute atomic E-state index is 12.6. The van der Waals surface area contributed by atoms with Gasteiger partial charge in [-0.2, -0.15) is 4.98 Å². The summed E-state index contributed by atoms with van der Waals surface area (Å²) in [5, 5.41) is 6.88. The fraction of sp³-hybridized carbons (Fsp3) is 0.600. The molecule has 36 heavy (non-hydrogen) atoms. The number of halogens is 5. The van der Waals surface area contributed by atoms with Gasteiger partial charge in [-0.25, -0.2) is 4.98 Å². The predicted octanol–water partition coefficient (Wildman–Crippen LogP) is 5.92. The van der Waals surface area contributed by atoms with E-state index in [1.54, 1.807) is 18.2 Å². The zero-order valence-corrected chi connectivity index (χ0v) is 22.4. The second-order valence-corrected chi connectivity index (χ2v) is 9.55. The van der Waals surface area contributed by atoms with Crippen LogP contribution in [0.5, 0.6) is 5.75 Å². The average molecular weight is 550 g/mol. The molecule has 1 heterocycles. The third-order valence-corrected chi connectivity index (χ3v) is 6.71. The molecule has 2 aliphatic rings. The predicted molar refractivity (Wildman–Crippen MR) is 142 cm³/mol. The molecule has 0 unspecified atom stereocenters. The molecule has 1 aromatic carbocycles. The summed E-state index contributed by atoms with van der Waals surface area (Å²) < 4.78 is 42.0. The van der Waals surface area contributed by atoms with Crippen LogP contribution in [0.3, 0.4) is 0 Å². The highest BCUT2D eigenvalue weighted by Crippen LogP contribution is 2.31. The number of aromatic nitrogens is 2. The summed E-state index contributed by atoms with van der Waals surface area (Å²) in [5.41, 5.74) is 2.98. The lowest BCUT2D eigenvalue weighted by Crippen LogP contribution is -2.32. The van der Waals surface area contributed by atoms with Crippen LogP contribution in [0.1, 0.15) is 55.3 Å². The van der Waals surface area contributed by atoms with E-state index < -0.39 is 6.36 Å². The summed E-state index contributed by atoms with van der Waals surface area (Å²) in [4.78, 5) is 11.7. The molecule has 202 valence electrons. The minimum atomic E-state index is -4.68. The zero-order valence-electron chi connectivity index (χ0n) is 20.7. The van der Waals surface area contributed by atoms with Crippen LogP contribution < -0.4 is 20.3 Å². The van der Waals surface area contributed by atoms with Crippen molar-refractivity contribution in [1.82, 2.24) is 15.3 Å². The van der Waals surface area contributed by atoms with E-state index in [4.69, 9.17) is 9.97 Å². The van der Waals surface area contributed by atoms with E-state index in [0.29, 0.717) is 24.1 Å². The van der Waals surface area contributed by atoms with Gasteiger partial charge >= 0.3 is 6.36 Å². The van der Waals surface area contributed by atoms with Crippen LogP contribution >= 0.6 is 24.8 Å². The van der Waals surface area contributed by atoms with Gasteiger partial charge in [0.05, 0.1) is 5.69 Å². The molecule has 2 aromatic rings. The lowest BCUT2D eigenvalue weighted by molar-refractivity contribution is -0.274. The highest BCUT2D eigenvalue weighted by Gasteiger charge is 2.32. The van der Waals surface area contributed by atoms with Gasteiger partial charge in [-0.3, -0.25) is 0 Å². The van der Waals surface area contributed by atoms with Crippen molar-refractivity contribution in [3.8, 4) is 5.75 Å². The first kappa shape index (κ1) is 30.3. The van der Waals surface area contributed by atoms with Gasteiger partial charge in [0.15, 0.2) is 0 Å². The van der Waals surface area contributed by atoms with E-state index in [2.05, 4.69) is 20.3 Å². The molecule has 1 aromatic heterocycles. The topological polar surface area (TPSA) is 62.3 Å². The SMILES string of the molecule is CN(C)c1nc(N[C@H]2CC[C@@H](CNCc3ccccc3OC(F)(F)F)CC2)nc2c1CCCC2.Cl.Cl. The number of hydrogen-bond acceptors (Lipinski definition) is 6. The molecule has 2 N–H and O–H groups in total. The van der Waals surface area contributed by atoms with E-state index in [9.17, 15) is 13.2 Å². The van der Waals surface area contributed by atoms with Crippen LogP contribution in [0.4, 0.5) is 24.9 Å². The van der Waals surface area contributed by atoms with E-state index in [1.807, 2.05) is 14.1 Å². The molecule has 0 atom stereocenters. The Morgan fingerprint density at radius 2 is 1.69 bits per heavy atom. The molecule has 2 aliphatic carbocycles. The zero-order chi connectivity index (χ0) is 24.1. The molecule has 0 bridgehead atoms. The van der Waals surface area contributed by atoms with E-state index in [1.165, 1.54) is 30.2 Å². The fourth-order valence-electron chi connectivity index (χ4n) is 4.99. The summed E-state index contributed by atoms with van der Waals surface area (Å²) >= 11 is 0. The number of nitrogens with one attached hydrogen (secondary N) is 2. The third kappa shape index (κ3) is 8.28. The number of benzene rings is 1. The fourth-order valence-corrected chi connectivity index (χ4v) is 4.99. The lowest BCUT2D eigenvalue weighted by Gasteiger charge is -2.30. The summed E-state index contributed by atoms with van der Waals surface area (Å²) in [6.07, 6.45) is 3.92. The number of alkyl halides is 3. The summed E-state index contributed by atoms with van der Waals surface area (Å²) in [5.74, 6) is 2.11. The van der Waals surface area contributed by atoms with Crippen molar-refractivity contribution in [2.75, 3.05) is 30.9 Å². The van der Waals surface area contributed by atoms with Gasteiger partial charge in [0.1, 0.15) is 11.6 Å². The molecule has 6 nitrogen and oxygen atoms in total. The van der Waals surface area contributed by atoms with Gasteiger partial charge in [-0.1, -0.05) is 18.2 Å². The Morgan fingerprint density at radius 3 is 2.39 bits per heavy atom. The van der Waals surface area contributed by atoms with E-state index in [0.717, 1.165) is 56.8 Å². The van der Waals surface area contributed by atoms with Crippen molar-refractivity contribution >= 4 is 36.6 Å². The van der Waals surface area contributed by atoms with Crippen molar-refractivity contribution in [3.63, 3.8) is 0 Å². The molecule has 1 saturated carbocycles. The number of para-hydroxylation sites is 1. The van der Waals surface area contributed by atoms with Gasteiger partial charge in [-0.05, 0) is 69.9 Å². The number of fused-ring (bicyclic) bond motifs is 1. The Balaban J connectivity index is 0.00000228. The second kappa shape index (κ2) is 13.5. The summed E-state index contributed by atoms with van der Waals surface area (Å²) in [6, 6.07) is 6.63. The largest absolute Gasteiger partial charge is 0.573 e. The molecule has 4 rings (SSSR count). The van der Waals surface area contributed by atoms with Gasteiger partial charge < -0.3 is 20.3 Å². The Labute approximate surface area is 223 Å². The molecule has 0 spiro atoms. The van der Waals surface area contributed by atoms with Crippen LogP contribution in [-0.2, 0) is 19.4 Å². The summed E-state index contributed by atoms with van der Waals surface area (Å²) in [6.45, 7) is 1.12. The Kier molecular flexibility index (Phi) is 11.4. The second-order valence-electron chi connectivity index (χ2n) is 9.55. The molecule has 0 saturated heterocycles. The smallest absolute Gasteiger partial charge is 0.405 e.